The summed E-state index contributed by atoms with van der Waals surface area (Å²) in [5, 5.41) is 0. The zero-order valence-electron chi connectivity index (χ0n) is 10.5. The Bertz CT molecular complexity index is 521. The van der Waals surface area contributed by atoms with Crippen LogP contribution in [0.3, 0.4) is 0 Å². The fraction of sp³-hybridized carbons (Fsp3) is 0.500. The average molecular weight is 255 g/mol. The number of aryl methyl sites for hydroxylation is 1. The Kier molecular flexibility index (Phi) is 2.80. The molecule has 0 radical (unpaired) electrons. The van der Waals surface area contributed by atoms with Crippen molar-refractivity contribution < 1.29 is 13.3 Å². The molecule has 0 amide bonds. The van der Waals surface area contributed by atoms with E-state index in [1.165, 1.54) is 0 Å². The van der Waals surface area contributed by atoms with E-state index >= 15 is 0 Å². The molecule has 1 aromatic carbocycles. The molecule has 17 heavy (non-hydrogen) atoms. The summed E-state index contributed by atoms with van der Waals surface area (Å²) in [6.45, 7) is 7.57. The molecule has 1 aliphatic rings. The van der Waals surface area contributed by atoms with Crippen LogP contribution in [0.1, 0.15) is 26.3 Å². The van der Waals surface area contributed by atoms with Crippen molar-refractivity contribution in [2.24, 2.45) is 5.92 Å². The van der Waals surface area contributed by atoms with Gasteiger partial charge in [-0.2, -0.15) is 0 Å². The fourth-order valence-corrected chi connectivity index (χ4v) is 3.17. The number of benzene rings is 1. The first kappa shape index (κ1) is 12.5. The Morgan fingerprint density at radius 3 is 2.18 bits per heavy atom. The van der Waals surface area contributed by atoms with Gasteiger partial charge in [0, 0.05) is 5.92 Å². The Labute approximate surface area is 102 Å². The molecule has 4 nitrogen and oxygen atoms in total. The lowest BCUT2D eigenvalue weighted by molar-refractivity contribution is 0.232. The summed E-state index contributed by atoms with van der Waals surface area (Å²) in [5.74, 6) is 0.114. The molecule has 0 N–H and O–H groups in total. The van der Waals surface area contributed by atoms with E-state index in [0.717, 1.165) is 10.0 Å². The largest absolute Gasteiger partial charge is 0.267 e. The minimum absolute atomic E-state index is 0.114. The molecule has 1 unspecified atom stereocenters. The molecule has 0 spiro atoms. The number of rotatable bonds is 3. The van der Waals surface area contributed by atoms with E-state index in [-0.39, 0.29) is 10.8 Å². The molecule has 94 valence electrons. The molecule has 1 aliphatic heterocycles. The van der Waals surface area contributed by atoms with Gasteiger partial charge in [0.1, 0.15) is 0 Å². The van der Waals surface area contributed by atoms with E-state index in [4.69, 9.17) is 4.84 Å². The van der Waals surface area contributed by atoms with Crippen LogP contribution < -0.4 is 0 Å². The Morgan fingerprint density at radius 2 is 1.76 bits per heavy atom. The Balaban J connectivity index is 2.31. The summed E-state index contributed by atoms with van der Waals surface area (Å²) >= 11 is 0. The van der Waals surface area contributed by atoms with Crippen LogP contribution >= 0.6 is 0 Å². The first-order valence-corrected chi connectivity index (χ1v) is 7.04. The minimum atomic E-state index is -3.52. The van der Waals surface area contributed by atoms with Gasteiger partial charge < -0.3 is 0 Å². The van der Waals surface area contributed by atoms with Crippen molar-refractivity contribution in [3.8, 4) is 0 Å². The minimum Gasteiger partial charge on any atom is -0.255 e. The molecule has 1 saturated heterocycles. The SMILES string of the molecule is Cc1ccc(S(=O)(=O)N2O[C@@]2(C)C(C)C)cc1. The summed E-state index contributed by atoms with van der Waals surface area (Å²) in [5.41, 5.74) is 0.325. The van der Waals surface area contributed by atoms with Crippen LogP contribution in [0.15, 0.2) is 29.2 Å². The van der Waals surface area contributed by atoms with Gasteiger partial charge in [-0.15, -0.1) is 0 Å². The molecular formula is C12H17NO3S. The van der Waals surface area contributed by atoms with Crippen molar-refractivity contribution >= 4 is 10.0 Å². The van der Waals surface area contributed by atoms with Crippen molar-refractivity contribution in [1.29, 1.82) is 0 Å². The zero-order chi connectivity index (χ0) is 12.8. The van der Waals surface area contributed by atoms with Crippen molar-refractivity contribution in [3.05, 3.63) is 29.8 Å². The summed E-state index contributed by atoms with van der Waals surface area (Å²) < 4.78 is 25.5. The third-order valence-electron chi connectivity index (χ3n) is 3.21. The summed E-state index contributed by atoms with van der Waals surface area (Å²) in [4.78, 5) is 5.53. The van der Waals surface area contributed by atoms with E-state index in [2.05, 4.69) is 0 Å². The first-order valence-electron chi connectivity index (χ1n) is 5.60. The lowest BCUT2D eigenvalue weighted by atomic mass is 10.1. The van der Waals surface area contributed by atoms with E-state index in [1.807, 2.05) is 20.8 Å². The topological polar surface area (TPSA) is 49.7 Å². The van der Waals surface area contributed by atoms with Crippen LogP contribution in [0.4, 0.5) is 0 Å². The van der Waals surface area contributed by atoms with Crippen molar-refractivity contribution in [2.45, 2.75) is 38.3 Å². The van der Waals surface area contributed by atoms with E-state index in [0.29, 0.717) is 0 Å². The van der Waals surface area contributed by atoms with E-state index < -0.39 is 15.7 Å². The second kappa shape index (κ2) is 3.80. The molecule has 1 heterocycles. The van der Waals surface area contributed by atoms with Crippen LogP contribution in [0.5, 0.6) is 0 Å². The van der Waals surface area contributed by atoms with Crippen LogP contribution in [0.2, 0.25) is 0 Å². The average Bonchev–Trinajstić information content (AvgIpc) is 2.94. The highest BCUT2D eigenvalue weighted by molar-refractivity contribution is 7.89. The normalized spacial score (nSPS) is 28.4. The van der Waals surface area contributed by atoms with Crippen molar-refractivity contribution in [1.82, 2.24) is 4.47 Å². The molecule has 5 heteroatoms. The number of hydrogen-bond acceptors (Lipinski definition) is 3. The number of hydrogen-bond donors (Lipinski definition) is 0. The van der Waals surface area contributed by atoms with Crippen LogP contribution in [-0.4, -0.2) is 18.6 Å². The molecule has 2 atom stereocenters. The molecule has 0 bridgehead atoms. The van der Waals surface area contributed by atoms with Crippen molar-refractivity contribution in [2.75, 3.05) is 0 Å². The predicted molar refractivity (Wildman–Crippen MR) is 64.5 cm³/mol. The standard InChI is InChI=1S/C12H17NO3S/c1-9(2)12(4)13(16-12)17(14,15)11-7-5-10(3)6-8-11/h5-9H,1-4H3/t12-,13?/m0/s1. The Morgan fingerprint density at radius 1 is 1.24 bits per heavy atom. The van der Waals surface area contributed by atoms with Gasteiger partial charge in [0.05, 0.1) is 4.90 Å². The van der Waals surface area contributed by atoms with Gasteiger partial charge in [-0.1, -0.05) is 31.5 Å². The van der Waals surface area contributed by atoms with Crippen LogP contribution in [-0.2, 0) is 14.9 Å². The van der Waals surface area contributed by atoms with Gasteiger partial charge in [-0.3, -0.25) is 4.84 Å². The van der Waals surface area contributed by atoms with E-state index in [9.17, 15) is 8.42 Å². The predicted octanol–water partition coefficient (Wildman–Crippen LogP) is 2.30. The quantitative estimate of drug-likeness (QED) is 0.779. The second-order valence-corrected chi connectivity index (χ2v) is 6.60. The third kappa shape index (κ3) is 1.99. The number of nitrogens with zero attached hydrogens (tertiary/aromatic N) is 1. The monoisotopic (exact) mass is 255 g/mol. The lowest BCUT2D eigenvalue weighted by Crippen LogP contribution is -2.25. The highest BCUT2D eigenvalue weighted by atomic mass is 32.2. The highest BCUT2D eigenvalue weighted by Gasteiger charge is 2.60. The lowest BCUT2D eigenvalue weighted by Gasteiger charge is -2.10. The molecule has 1 aromatic rings. The zero-order valence-corrected chi connectivity index (χ0v) is 11.3. The van der Waals surface area contributed by atoms with E-state index in [1.54, 1.807) is 31.2 Å². The van der Waals surface area contributed by atoms with Gasteiger partial charge >= 0.3 is 0 Å². The Hall–Kier alpha value is -0.910. The highest BCUT2D eigenvalue weighted by Crippen LogP contribution is 2.45. The van der Waals surface area contributed by atoms with Crippen LogP contribution in [0, 0.1) is 12.8 Å². The van der Waals surface area contributed by atoms with Gasteiger partial charge in [-0.05, 0) is 30.4 Å². The maximum absolute atomic E-state index is 12.2. The van der Waals surface area contributed by atoms with Crippen LogP contribution in [0.25, 0.3) is 0 Å². The summed E-state index contributed by atoms with van der Waals surface area (Å²) in [7, 11) is -3.52. The van der Waals surface area contributed by atoms with Gasteiger partial charge in [0.2, 0.25) is 0 Å². The molecule has 0 saturated carbocycles. The molecule has 0 aromatic heterocycles. The van der Waals surface area contributed by atoms with Crippen molar-refractivity contribution in [3.63, 3.8) is 0 Å². The summed E-state index contributed by atoms with van der Waals surface area (Å²) in [6, 6.07) is 6.77. The van der Waals surface area contributed by atoms with Gasteiger partial charge in [0.15, 0.2) is 5.72 Å². The fourth-order valence-electron chi connectivity index (χ4n) is 1.56. The maximum atomic E-state index is 12.2. The summed E-state index contributed by atoms with van der Waals surface area (Å²) in [6.07, 6.45) is 0. The first-order chi connectivity index (χ1) is 7.78. The van der Waals surface area contributed by atoms with Gasteiger partial charge in [0.25, 0.3) is 10.0 Å². The third-order valence-corrected chi connectivity index (χ3v) is 4.95. The smallest absolute Gasteiger partial charge is 0.255 e. The number of hydroxylamine groups is 1. The molecule has 1 fully saturated rings. The second-order valence-electron chi connectivity index (χ2n) is 4.85. The number of sulfonamides is 1. The molecule has 0 aliphatic carbocycles. The molecular weight excluding hydrogens is 238 g/mol. The maximum Gasteiger partial charge on any atom is 0.267 e. The van der Waals surface area contributed by atoms with Gasteiger partial charge in [-0.25, -0.2) is 8.42 Å². The molecule has 2 rings (SSSR count).